The molecule has 1 saturated heterocycles. The van der Waals surface area contributed by atoms with Crippen LogP contribution < -0.4 is 4.90 Å². The number of amides is 1. The van der Waals surface area contributed by atoms with Crippen LogP contribution >= 0.6 is 0 Å². The molecule has 2 rings (SSSR count). The lowest BCUT2D eigenvalue weighted by Crippen LogP contribution is -2.52. The van der Waals surface area contributed by atoms with Gasteiger partial charge in [-0.25, -0.2) is 4.79 Å². The lowest BCUT2D eigenvalue weighted by atomic mass is 9.91. The van der Waals surface area contributed by atoms with Gasteiger partial charge in [0.25, 0.3) is 0 Å². The molecule has 0 spiro atoms. The van der Waals surface area contributed by atoms with E-state index in [1.54, 1.807) is 4.90 Å². The summed E-state index contributed by atoms with van der Waals surface area (Å²) in [4.78, 5) is 15.8. The molecule has 1 N–H and O–H groups in total. The van der Waals surface area contributed by atoms with E-state index in [0.717, 1.165) is 5.69 Å². The number of hydrogen-bond donors (Lipinski definition) is 1. The molecule has 5 heteroatoms. The van der Waals surface area contributed by atoms with Crippen LogP contribution in [-0.2, 0) is 4.74 Å². The molecule has 1 aliphatic heterocycles. The van der Waals surface area contributed by atoms with Gasteiger partial charge in [-0.05, 0) is 45.7 Å². The number of piperidine rings is 1. The SMILES string of the molecule is CN(CC1(O)CCN(C(=O)OC(C)(C)C)CC1)c1ccccc1. The summed E-state index contributed by atoms with van der Waals surface area (Å²) in [7, 11) is 1.98. The standard InChI is InChI=1S/C18H28N2O3/c1-17(2,3)23-16(21)20-12-10-18(22,11-13-20)14-19(4)15-8-6-5-7-9-15/h5-9,22H,10-14H2,1-4H3. The number of para-hydroxylation sites is 1. The zero-order chi connectivity index (χ0) is 17.1. The zero-order valence-electron chi connectivity index (χ0n) is 14.6. The number of carbonyl (C=O) groups excluding carboxylic acids is 1. The lowest BCUT2D eigenvalue weighted by molar-refractivity contribution is -0.0270. The van der Waals surface area contributed by atoms with Crippen LogP contribution in [0.15, 0.2) is 30.3 Å². The minimum absolute atomic E-state index is 0.295. The van der Waals surface area contributed by atoms with Gasteiger partial charge in [0.15, 0.2) is 0 Å². The molecule has 0 atom stereocenters. The number of anilines is 1. The summed E-state index contributed by atoms with van der Waals surface area (Å²) in [5.41, 5.74) is -0.183. The van der Waals surface area contributed by atoms with Gasteiger partial charge in [-0.15, -0.1) is 0 Å². The number of ether oxygens (including phenoxy) is 1. The van der Waals surface area contributed by atoms with E-state index < -0.39 is 11.2 Å². The highest BCUT2D eigenvalue weighted by Gasteiger charge is 2.36. The number of hydrogen-bond acceptors (Lipinski definition) is 4. The third-order valence-corrected chi connectivity index (χ3v) is 4.07. The molecule has 1 aliphatic rings. The average molecular weight is 320 g/mol. The summed E-state index contributed by atoms with van der Waals surface area (Å²) in [5, 5.41) is 10.8. The van der Waals surface area contributed by atoms with Gasteiger partial charge in [-0.2, -0.15) is 0 Å². The Hall–Kier alpha value is -1.75. The highest BCUT2D eigenvalue weighted by Crippen LogP contribution is 2.26. The van der Waals surface area contributed by atoms with Crippen molar-refractivity contribution >= 4 is 11.8 Å². The van der Waals surface area contributed by atoms with Gasteiger partial charge in [0, 0.05) is 32.4 Å². The van der Waals surface area contributed by atoms with Crippen molar-refractivity contribution in [2.75, 3.05) is 31.6 Å². The van der Waals surface area contributed by atoms with E-state index in [1.165, 1.54) is 0 Å². The molecule has 0 radical (unpaired) electrons. The van der Waals surface area contributed by atoms with Crippen LogP contribution in [0.25, 0.3) is 0 Å². The summed E-state index contributed by atoms with van der Waals surface area (Å²) in [6.07, 6.45) is 0.822. The van der Waals surface area contributed by atoms with E-state index in [2.05, 4.69) is 4.90 Å². The van der Waals surface area contributed by atoms with Crippen LogP contribution in [0.3, 0.4) is 0 Å². The summed E-state index contributed by atoms with van der Waals surface area (Å²) in [5.74, 6) is 0. The van der Waals surface area contributed by atoms with Gasteiger partial charge in [0.05, 0.1) is 5.60 Å². The second-order valence-electron chi connectivity index (χ2n) is 7.38. The predicted octanol–water partition coefficient (Wildman–Crippen LogP) is 2.88. The summed E-state index contributed by atoms with van der Waals surface area (Å²) in [6, 6.07) is 10.0. The van der Waals surface area contributed by atoms with E-state index >= 15 is 0 Å². The first-order chi connectivity index (χ1) is 10.7. The van der Waals surface area contributed by atoms with Gasteiger partial charge < -0.3 is 19.6 Å². The first-order valence-corrected chi connectivity index (χ1v) is 8.15. The predicted molar refractivity (Wildman–Crippen MR) is 91.7 cm³/mol. The molecule has 0 bridgehead atoms. The van der Waals surface area contributed by atoms with Crippen LogP contribution in [0, 0.1) is 0 Å². The smallest absolute Gasteiger partial charge is 0.410 e. The quantitative estimate of drug-likeness (QED) is 0.930. The van der Waals surface area contributed by atoms with Crippen molar-refractivity contribution in [3.05, 3.63) is 30.3 Å². The van der Waals surface area contributed by atoms with E-state index in [4.69, 9.17) is 4.74 Å². The summed E-state index contributed by atoms with van der Waals surface area (Å²) < 4.78 is 5.39. The van der Waals surface area contributed by atoms with Gasteiger partial charge in [0.2, 0.25) is 0 Å². The third kappa shape index (κ3) is 5.13. The fourth-order valence-electron chi connectivity index (χ4n) is 2.81. The normalized spacial score (nSPS) is 17.7. The largest absolute Gasteiger partial charge is 0.444 e. The van der Waals surface area contributed by atoms with Gasteiger partial charge in [-0.3, -0.25) is 0 Å². The summed E-state index contributed by atoms with van der Waals surface area (Å²) in [6.45, 7) is 7.18. The maximum absolute atomic E-state index is 12.1. The van der Waals surface area contributed by atoms with Gasteiger partial charge in [0.1, 0.15) is 5.60 Å². The fraction of sp³-hybridized carbons (Fsp3) is 0.611. The molecule has 0 saturated carbocycles. The average Bonchev–Trinajstić information content (AvgIpc) is 2.46. The van der Waals surface area contributed by atoms with E-state index in [0.29, 0.717) is 32.5 Å². The molecule has 0 aromatic heterocycles. The van der Waals surface area contributed by atoms with Crippen LogP contribution in [-0.4, -0.2) is 54.0 Å². The Balaban J connectivity index is 1.88. The maximum Gasteiger partial charge on any atom is 0.410 e. The molecule has 1 amide bonds. The van der Waals surface area contributed by atoms with Crippen LogP contribution in [0.1, 0.15) is 33.6 Å². The number of nitrogens with zero attached hydrogens (tertiary/aromatic N) is 2. The molecule has 0 unspecified atom stereocenters. The number of likely N-dealkylation sites (N-methyl/N-ethyl adjacent to an activating group) is 1. The van der Waals surface area contributed by atoms with Crippen LogP contribution in [0.4, 0.5) is 10.5 Å². The van der Waals surface area contributed by atoms with Crippen LogP contribution in [0.5, 0.6) is 0 Å². The molecule has 1 fully saturated rings. The Bertz CT molecular complexity index is 517. The molecule has 0 aliphatic carbocycles. The van der Waals surface area contributed by atoms with Crippen molar-refractivity contribution in [2.45, 2.75) is 44.8 Å². The maximum atomic E-state index is 12.1. The van der Waals surface area contributed by atoms with E-state index in [9.17, 15) is 9.90 Å². The second-order valence-corrected chi connectivity index (χ2v) is 7.38. The Kier molecular flexibility index (Phi) is 5.19. The number of aliphatic hydroxyl groups is 1. The lowest BCUT2D eigenvalue weighted by Gasteiger charge is -2.40. The van der Waals surface area contributed by atoms with Crippen molar-refractivity contribution in [1.82, 2.24) is 4.90 Å². The Morgan fingerprint density at radius 1 is 1.26 bits per heavy atom. The minimum Gasteiger partial charge on any atom is -0.444 e. The molecular weight excluding hydrogens is 292 g/mol. The Morgan fingerprint density at radius 3 is 2.35 bits per heavy atom. The van der Waals surface area contributed by atoms with E-state index in [-0.39, 0.29) is 6.09 Å². The molecular formula is C18H28N2O3. The molecule has 23 heavy (non-hydrogen) atoms. The van der Waals surface area contributed by atoms with E-state index in [1.807, 2.05) is 58.2 Å². The number of benzene rings is 1. The first-order valence-electron chi connectivity index (χ1n) is 8.15. The van der Waals surface area contributed by atoms with Gasteiger partial charge in [-0.1, -0.05) is 18.2 Å². The number of likely N-dealkylation sites (tertiary alicyclic amines) is 1. The van der Waals surface area contributed by atoms with Crippen molar-refractivity contribution in [3.63, 3.8) is 0 Å². The van der Waals surface area contributed by atoms with Gasteiger partial charge >= 0.3 is 6.09 Å². The summed E-state index contributed by atoms with van der Waals surface area (Å²) >= 11 is 0. The zero-order valence-corrected chi connectivity index (χ0v) is 14.6. The fourth-order valence-corrected chi connectivity index (χ4v) is 2.81. The first kappa shape index (κ1) is 17.6. The topological polar surface area (TPSA) is 53.0 Å². The second kappa shape index (κ2) is 6.79. The Labute approximate surface area is 138 Å². The minimum atomic E-state index is -0.775. The number of carbonyl (C=O) groups is 1. The van der Waals surface area contributed by atoms with Crippen molar-refractivity contribution in [2.24, 2.45) is 0 Å². The molecule has 1 heterocycles. The molecule has 1 aromatic rings. The molecule has 1 aromatic carbocycles. The Morgan fingerprint density at radius 2 is 1.83 bits per heavy atom. The molecule has 5 nitrogen and oxygen atoms in total. The highest BCUT2D eigenvalue weighted by molar-refractivity contribution is 5.68. The highest BCUT2D eigenvalue weighted by atomic mass is 16.6. The third-order valence-electron chi connectivity index (χ3n) is 4.07. The monoisotopic (exact) mass is 320 g/mol. The van der Waals surface area contributed by atoms with Crippen molar-refractivity contribution in [1.29, 1.82) is 0 Å². The number of rotatable bonds is 3. The molecule has 128 valence electrons. The van der Waals surface area contributed by atoms with Crippen molar-refractivity contribution in [3.8, 4) is 0 Å². The van der Waals surface area contributed by atoms with Crippen molar-refractivity contribution < 1.29 is 14.6 Å². The van der Waals surface area contributed by atoms with Crippen LogP contribution in [0.2, 0.25) is 0 Å².